The van der Waals surface area contributed by atoms with Crippen LogP contribution in [0.25, 0.3) is 0 Å². The molecule has 0 bridgehead atoms. The predicted molar refractivity (Wildman–Crippen MR) is 109 cm³/mol. The normalized spacial score (nSPS) is 11.5. The fraction of sp³-hybridized carbons (Fsp3) is 0.700. The molecule has 0 aromatic heterocycles. The van der Waals surface area contributed by atoms with Gasteiger partial charge in [0.2, 0.25) is 0 Å². The highest BCUT2D eigenvalue weighted by molar-refractivity contribution is 6.68. The summed E-state index contributed by atoms with van der Waals surface area (Å²) in [5.74, 6) is 0.668. The first-order chi connectivity index (χ1) is 12.6. The highest BCUT2D eigenvalue weighted by Gasteiger charge is 2.35. The van der Waals surface area contributed by atoms with E-state index in [1.54, 1.807) is 12.1 Å². The summed E-state index contributed by atoms with van der Waals surface area (Å²) in [6, 6.07) is 8.06. The molecule has 148 valence electrons. The molecule has 0 saturated carbocycles. The van der Waals surface area contributed by atoms with Crippen LogP contribution < -0.4 is 4.43 Å². The Balaban J connectivity index is 2.37. The third-order valence-corrected chi connectivity index (χ3v) is 8.28. The topological polar surface area (TPSA) is 61.6 Å². The van der Waals surface area contributed by atoms with Gasteiger partial charge in [-0.2, -0.15) is 0 Å². The first kappa shape index (κ1) is 22.6. The molecular weight excluding hydrogens is 346 g/mol. The van der Waals surface area contributed by atoms with E-state index < -0.39 is 13.5 Å². The average Bonchev–Trinajstić information content (AvgIpc) is 2.66. The van der Waals surface area contributed by atoms with Crippen LogP contribution in [0.4, 0.5) is 5.69 Å². The molecule has 0 atom stereocenters. The molecule has 6 heteroatoms. The van der Waals surface area contributed by atoms with E-state index in [1.807, 2.05) is 0 Å². The number of nitro benzene ring substituents is 1. The van der Waals surface area contributed by atoms with Crippen molar-refractivity contribution in [1.82, 2.24) is 0 Å². The van der Waals surface area contributed by atoms with Crippen LogP contribution >= 0.6 is 0 Å². The standard InChI is InChI=1S/C20H35NO4Si/c1-4-7-8-9-10-11-12-13-18-24-26(5-2,6-3)25-20-16-14-19(15-17-20)21(22)23/h14-17H,4-13,18H2,1-3H3. The second kappa shape index (κ2) is 12.9. The van der Waals surface area contributed by atoms with Gasteiger partial charge in [-0.15, -0.1) is 0 Å². The number of non-ortho nitro benzene ring substituents is 1. The first-order valence-corrected chi connectivity index (χ1v) is 12.4. The Kier molecular flexibility index (Phi) is 11.2. The zero-order chi connectivity index (χ0) is 19.3. The molecule has 0 aliphatic rings. The van der Waals surface area contributed by atoms with Crippen molar-refractivity contribution in [3.8, 4) is 5.75 Å². The Hall–Kier alpha value is -1.40. The lowest BCUT2D eigenvalue weighted by Crippen LogP contribution is -2.44. The first-order valence-electron chi connectivity index (χ1n) is 10.1. The van der Waals surface area contributed by atoms with Gasteiger partial charge in [-0.05, 0) is 30.6 Å². The number of rotatable bonds is 15. The fourth-order valence-corrected chi connectivity index (χ4v) is 5.31. The molecule has 1 rings (SSSR count). The fourth-order valence-electron chi connectivity index (χ4n) is 2.97. The highest BCUT2D eigenvalue weighted by Crippen LogP contribution is 2.25. The van der Waals surface area contributed by atoms with Gasteiger partial charge in [-0.1, -0.05) is 65.7 Å². The maximum absolute atomic E-state index is 10.8. The molecule has 0 aliphatic carbocycles. The van der Waals surface area contributed by atoms with Crippen LogP contribution in [0, 0.1) is 10.1 Å². The average molecular weight is 382 g/mol. The summed E-state index contributed by atoms with van der Waals surface area (Å²) in [6.07, 6.45) is 10.2. The third-order valence-electron chi connectivity index (χ3n) is 4.79. The van der Waals surface area contributed by atoms with Gasteiger partial charge in [0.25, 0.3) is 5.69 Å². The number of nitro groups is 1. The summed E-state index contributed by atoms with van der Waals surface area (Å²) in [6.45, 7) is 7.20. The highest BCUT2D eigenvalue weighted by atomic mass is 28.4. The Labute approximate surface area is 159 Å². The number of unbranched alkanes of at least 4 members (excludes halogenated alkanes) is 7. The number of hydrogen-bond acceptors (Lipinski definition) is 4. The molecule has 0 radical (unpaired) electrons. The van der Waals surface area contributed by atoms with Gasteiger partial charge in [0, 0.05) is 18.7 Å². The van der Waals surface area contributed by atoms with Crippen LogP contribution in [0.15, 0.2) is 24.3 Å². The number of nitrogens with zero attached hydrogens (tertiary/aromatic N) is 1. The third kappa shape index (κ3) is 8.32. The van der Waals surface area contributed by atoms with Gasteiger partial charge in [0.05, 0.1) is 4.92 Å². The van der Waals surface area contributed by atoms with Crippen molar-refractivity contribution in [2.24, 2.45) is 0 Å². The van der Waals surface area contributed by atoms with Crippen molar-refractivity contribution >= 4 is 14.2 Å². The molecule has 0 heterocycles. The molecule has 26 heavy (non-hydrogen) atoms. The van der Waals surface area contributed by atoms with Crippen LogP contribution in [0.5, 0.6) is 5.75 Å². The summed E-state index contributed by atoms with van der Waals surface area (Å²) in [4.78, 5) is 10.4. The lowest BCUT2D eigenvalue weighted by molar-refractivity contribution is -0.384. The van der Waals surface area contributed by atoms with Crippen molar-refractivity contribution in [3.05, 3.63) is 34.4 Å². The zero-order valence-electron chi connectivity index (χ0n) is 16.7. The molecule has 5 nitrogen and oxygen atoms in total. The molecule has 0 aliphatic heterocycles. The largest absolute Gasteiger partial charge is 0.520 e. The second-order valence-electron chi connectivity index (χ2n) is 6.79. The van der Waals surface area contributed by atoms with E-state index >= 15 is 0 Å². The summed E-state index contributed by atoms with van der Waals surface area (Å²) in [5, 5.41) is 10.8. The second-order valence-corrected chi connectivity index (χ2v) is 10.5. The molecule has 0 spiro atoms. The monoisotopic (exact) mass is 381 g/mol. The van der Waals surface area contributed by atoms with Crippen molar-refractivity contribution in [3.63, 3.8) is 0 Å². The Morgan fingerprint density at radius 3 is 1.92 bits per heavy atom. The minimum atomic E-state index is -2.28. The molecule has 0 fully saturated rings. The van der Waals surface area contributed by atoms with E-state index in [0.717, 1.165) is 25.1 Å². The van der Waals surface area contributed by atoms with Crippen molar-refractivity contribution in [2.45, 2.75) is 84.2 Å². The van der Waals surface area contributed by atoms with Crippen molar-refractivity contribution in [1.29, 1.82) is 0 Å². The quantitative estimate of drug-likeness (QED) is 0.148. The zero-order valence-corrected chi connectivity index (χ0v) is 17.7. The van der Waals surface area contributed by atoms with Gasteiger partial charge in [0.1, 0.15) is 5.75 Å². The Morgan fingerprint density at radius 1 is 0.885 bits per heavy atom. The summed E-state index contributed by atoms with van der Waals surface area (Å²) in [5.41, 5.74) is 0.0810. The van der Waals surface area contributed by atoms with E-state index in [1.165, 1.54) is 57.1 Å². The van der Waals surface area contributed by atoms with E-state index in [4.69, 9.17) is 8.85 Å². The van der Waals surface area contributed by atoms with Crippen LogP contribution in [0.3, 0.4) is 0 Å². The predicted octanol–water partition coefficient (Wildman–Crippen LogP) is 6.61. The summed E-state index contributed by atoms with van der Waals surface area (Å²) < 4.78 is 12.4. The molecular formula is C20H35NO4Si. The molecule has 0 amide bonds. The summed E-state index contributed by atoms with van der Waals surface area (Å²) >= 11 is 0. The lowest BCUT2D eigenvalue weighted by atomic mass is 10.1. The maximum atomic E-state index is 10.8. The number of benzene rings is 1. The minimum Gasteiger partial charge on any atom is -0.520 e. The summed E-state index contributed by atoms with van der Waals surface area (Å²) in [7, 11) is -2.28. The molecule has 0 N–H and O–H groups in total. The van der Waals surface area contributed by atoms with Gasteiger partial charge in [0.15, 0.2) is 0 Å². The Morgan fingerprint density at radius 2 is 1.42 bits per heavy atom. The van der Waals surface area contributed by atoms with Crippen LogP contribution in [-0.4, -0.2) is 20.1 Å². The maximum Gasteiger partial charge on any atom is 0.398 e. The molecule has 1 aromatic carbocycles. The van der Waals surface area contributed by atoms with Crippen LogP contribution in [0.1, 0.15) is 72.1 Å². The van der Waals surface area contributed by atoms with E-state index in [2.05, 4.69) is 20.8 Å². The molecule has 1 aromatic rings. The van der Waals surface area contributed by atoms with Gasteiger partial charge >= 0.3 is 8.56 Å². The van der Waals surface area contributed by atoms with Crippen molar-refractivity contribution < 1.29 is 13.8 Å². The van der Waals surface area contributed by atoms with Crippen LogP contribution in [-0.2, 0) is 4.43 Å². The van der Waals surface area contributed by atoms with Gasteiger partial charge in [-0.25, -0.2) is 0 Å². The van der Waals surface area contributed by atoms with Gasteiger partial charge in [-0.3, -0.25) is 10.1 Å². The molecule has 0 unspecified atom stereocenters. The SMILES string of the molecule is CCCCCCCCCCO[Si](CC)(CC)Oc1ccc([N+](=O)[O-])cc1. The van der Waals surface area contributed by atoms with E-state index in [-0.39, 0.29) is 5.69 Å². The van der Waals surface area contributed by atoms with Crippen LogP contribution in [0.2, 0.25) is 12.1 Å². The smallest absolute Gasteiger partial charge is 0.398 e. The van der Waals surface area contributed by atoms with E-state index in [9.17, 15) is 10.1 Å². The number of hydrogen-bond donors (Lipinski definition) is 0. The Bertz CT molecular complexity index is 503. The van der Waals surface area contributed by atoms with Gasteiger partial charge < -0.3 is 8.85 Å². The van der Waals surface area contributed by atoms with Crippen molar-refractivity contribution in [2.75, 3.05) is 6.61 Å². The van der Waals surface area contributed by atoms with E-state index in [0.29, 0.717) is 5.75 Å². The minimum absolute atomic E-state index is 0.0810. The molecule has 0 saturated heterocycles. The lowest BCUT2D eigenvalue weighted by Gasteiger charge is -2.29.